The highest BCUT2D eigenvalue weighted by molar-refractivity contribution is 5.94. The molecule has 1 aromatic rings. The van der Waals surface area contributed by atoms with Crippen molar-refractivity contribution in [2.24, 2.45) is 0 Å². The Hall–Kier alpha value is -2.37. The normalized spacial score (nSPS) is 11.5. The van der Waals surface area contributed by atoms with Crippen LogP contribution in [0.1, 0.15) is 56.8 Å². The molecule has 0 aliphatic carbocycles. The molecular formula is C18H26N2O4. The predicted molar refractivity (Wildman–Crippen MR) is 92.8 cm³/mol. The summed E-state index contributed by atoms with van der Waals surface area (Å²) in [7, 11) is 0. The summed E-state index contributed by atoms with van der Waals surface area (Å²) in [5.74, 6) is -1.14. The first-order valence-corrected chi connectivity index (χ1v) is 8.26. The summed E-state index contributed by atoms with van der Waals surface area (Å²) in [4.78, 5) is 34.8. The fraction of sp³-hybridized carbons (Fsp3) is 0.500. The molecule has 132 valence electrons. The molecule has 1 aromatic carbocycles. The number of ether oxygens (including phenoxy) is 1. The number of benzene rings is 1. The minimum atomic E-state index is -0.601. The van der Waals surface area contributed by atoms with E-state index in [-0.39, 0.29) is 30.0 Å². The van der Waals surface area contributed by atoms with Gasteiger partial charge < -0.3 is 15.4 Å². The molecule has 0 spiro atoms. The lowest BCUT2D eigenvalue weighted by Crippen LogP contribution is -2.35. The highest BCUT2D eigenvalue weighted by atomic mass is 16.5. The van der Waals surface area contributed by atoms with Gasteiger partial charge in [0.15, 0.2) is 6.61 Å². The van der Waals surface area contributed by atoms with E-state index < -0.39 is 5.97 Å². The van der Waals surface area contributed by atoms with Gasteiger partial charge in [-0.25, -0.2) is 4.79 Å². The molecule has 1 atom stereocenters. The van der Waals surface area contributed by atoms with Gasteiger partial charge in [-0.05, 0) is 31.5 Å². The van der Waals surface area contributed by atoms with E-state index >= 15 is 0 Å². The van der Waals surface area contributed by atoms with Crippen molar-refractivity contribution in [3.8, 4) is 0 Å². The standard InChI is InChI=1S/C18H26N2O4/c1-4-5-6-8-13(2)19-17(22)12-24-18(23)15-9-7-10-16(11-15)20-14(3)21/h7,9-11,13H,4-6,8,12H2,1-3H3,(H,19,22)(H,20,21)/t13-/m0/s1. The lowest BCUT2D eigenvalue weighted by atomic mass is 10.1. The summed E-state index contributed by atoms with van der Waals surface area (Å²) in [6.45, 7) is 5.13. The molecule has 6 heteroatoms. The van der Waals surface area contributed by atoms with Crippen molar-refractivity contribution in [3.05, 3.63) is 29.8 Å². The van der Waals surface area contributed by atoms with Crippen LogP contribution in [0, 0.1) is 0 Å². The van der Waals surface area contributed by atoms with E-state index in [1.165, 1.54) is 13.0 Å². The number of anilines is 1. The first-order chi connectivity index (χ1) is 11.4. The number of rotatable bonds is 9. The van der Waals surface area contributed by atoms with Gasteiger partial charge in [0.25, 0.3) is 5.91 Å². The Morgan fingerprint density at radius 2 is 1.96 bits per heavy atom. The molecule has 0 aliphatic rings. The first-order valence-electron chi connectivity index (χ1n) is 8.26. The van der Waals surface area contributed by atoms with Crippen LogP contribution in [0.25, 0.3) is 0 Å². The Morgan fingerprint density at radius 1 is 1.21 bits per heavy atom. The number of carbonyl (C=O) groups excluding carboxylic acids is 3. The van der Waals surface area contributed by atoms with Crippen molar-refractivity contribution in [1.29, 1.82) is 0 Å². The average Bonchev–Trinajstić information content (AvgIpc) is 2.52. The minimum absolute atomic E-state index is 0.0610. The number of carbonyl (C=O) groups is 3. The largest absolute Gasteiger partial charge is 0.452 e. The zero-order valence-corrected chi connectivity index (χ0v) is 14.6. The second kappa shape index (κ2) is 10.4. The summed E-state index contributed by atoms with van der Waals surface area (Å²) in [6, 6.07) is 6.44. The maximum absolute atomic E-state index is 12.0. The van der Waals surface area contributed by atoms with Crippen LogP contribution in [-0.4, -0.2) is 30.4 Å². The third-order valence-corrected chi connectivity index (χ3v) is 3.40. The maximum Gasteiger partial charge on any atom is 0.338 e. The van der Waals surface area contributed by atoms with Gasteiger partial charge in [0.05, 0.1) is 5.56 Å². The molecule has 24 heavy (non-hydrogen) atoms. The van der Waals surface area contributed by atoms with E-state index in [9.17, 15) is 14.4 Å². The Labute approximate surface area is 143 Å². The molecule has 0 heterocycles. The molecule has 0 aliphatic heterocycles. The third-order valence-electron chi connectivity index (χ3n) is 3.40. The number of hydrogen-bond donors (Lipinski definition) is 2. The fourth-order valence-corrected chi connectivity index (χ4v) is 2.23. The molecule has 0 saturated heterocycles. The van der Waals surface area contributed by atoms with Gasteiger partial charge in [0, 0.05) is 18.7 Å². The van der Waals surface area contributed by atoms with E-state index in [4.69, 9.17) is 4.74 Å². The number of amides is 2. The van der Waals surface area contributed by atoms with Crippen molar-refractivity contribution < 1.29 is 19.1 Å². The third kappa shape index (κ3) is 7.76. The van der Waals surface area contributed by atoms with Crippen LogP contribution in [0.5, 0.6) is 0 Å². The van der Waals surface area contributed by atoms with E-state index in [1.54, 1.807) is 18.2 Å². The van der Waals surface area contributed by atoms with Gasteiger partial charge >= 0.3 is 5.97 Å². The van der Waals surface area contributed by atoms with E-state index in [0.717, 1.165) is 25.7 Å². The van der Waals surface area contributed by atoms with Crippen LogP contribution < -0.4 is 10.6 Å². The number of hydrogen-bond acceptors (Lipinski definition) is 4. The first kappa shape index (κ1) is 19.7. The SMILES string of the molecule is CCCCC[C@H](C)NC(=O)COC(=O)c1cccc(NC(C)=O)c1. The van der Waals surface area contributed by atoms with E-state index in [0.29, 0.717) is 5.69 Å². The highest BCUT2D eigenvalue weighted by Gasteiger charge is 2.12. The maximum atomic E-state index is 12.0. The molecule has 1 rings (SSSR count). The van der Waals surface area contributed by atoms with Crippen LogP contribution in [-0.2, 0) is 14.3 Å². The van der Waals surface area contributed by atoms with Gasteiger partial charge in [-0.2, -0.15) is 0 Å². The Bertz CT molecular complexity index is 572. The van der Waals surface area contributed by atoms with E-state index in [1.807, 2.05) is 6.92 Å². The van der Waals surface area contributed by atoms with Gasteiger partial charge in [-0.15, -0.1) is 0 Å². The monoisotopic (exact) mass is 334 g/mol. The predicted octanol–water partition coefficient (Wildman–Crippen LogP) is 2.89. The molecule has 0 radical (unpaired) electrons. The smallest absolute Gasteiger partial charge is 0.338 e. The molecule has 2 amide bonds. The molecule has 0 bridgehead atoms. The molecule has 0 fully saturated rings. The number of esters is 1. The number of unbranched alkanes of at least 4 members (excludes halogenated alkanes) is 2. The minimum Gasteiger partial charge on any atom is -0.452 e. The Morgan fingerprint density at radius 3 is 2.62 bits per heavy atom. The summed E-state index contributed by atoms with van der Waals surface area (Å²) < 4.78 is 5.01. The van der Waals surface area contributed by atoms with Gasteiger partial charge in [0.2, 0.25) is 5.91 Å². The molecule has 0 saturated carbocycles. The van der Waals surface area contributed by atoms with Crippen LogP contribution in [0.3, 0.4) is 0 Å². The molecule has 0 aromatic heterocycles. The van der Waals surface area contributed by atoms with Gasteiger partial charge in [0.1, 0.15) is 0 Å². The Balaban J connectivity index is 2.42. The number of nitrogens with one attached hydrogen (secondary N) is 2. The Kier molecular flexibility index (Phi) is 8.54. The quantitative estimate of drug-likeness (QED) is 0.537. The molecular weight excluding hydrogens is 308 g/mol. The summed E-state index contributed by atoms with van der Waals surface area (Å²) in [5.41, 5.74) is 0.788. The van der Waals surface area contributed by atoms with Crippen LogP contribution in [0.4, 0.5) is 5.69 Å². The molecule has 0 unspecified atom stereocenters. The van der Waals surface area contributed by atoms with Crippen LogP contribution >= 0.6 is 0 Å². The van der Waals surface area contributed by atoms with Crippen molar-refractivity contribution >= 4 is 23.5 Å². The zero-order chi connectivity index (χ0) is 17.9. The summed E-state index contributed by atoms with van der Waals surface area (Å²) >= 11 is 0. The zero-order valence-electron chi connectivity index (χ0n) is 14.6. The summed E-state index contributed by atoms with van der Waals surface area (Å²) in [5, 5.41) is 5.40. The van der Waals surface area contributed by atoms with Crippen LogP contribution in [0.15, 0.2) is 24.3 Å². The van der Waals surface area contributed by atoms with Crippen molar-refractivity contribution in [2.45, 2.75) is 52.5 Å². The second-order valence-electron chi connectivity index (χ2n) is 5.80. The van der Waals surface area contributed by atoms with Gasteiger partial charge in [-0.1, -0.05) is 32.3 Å². The fourth-order valence-electron chi connectivity index (χ4n) is 2.23. The second-order valence-corrected chi connectivity index (χ2v) is 5.80. The molecule has 2 N–H and O–H groups in total. The van der Waals surface area contributed by atoms with Crippen LogP contribution in [0.2, 0.25) is 0 Å². The van der Waals surface area contributed by atoms with E-state index in [2.05, 4.69) is 17.6 Å². The van der Waals surface area contributed by atoms with Crippen molar-refractivity contribution in [2.75, 3.05) is 11.9 Å². The summed E-state index contributed by atoms with van der Waals surface area (Å²) in [6.07, 6.45) is 4.25. The molecule has 6 nitrogen and oxygen atoms in total. The van der Waals surface area contributed by atoms with Gasteiger partial charge in [-0.3, -0.25) is 9.59 Å². The lowest BCUT2D eigenvalue weighted by Gasteiger charge is -2.13. The van der Waals surface area contributed by atoms with Crippen molar-refractivity contribution in [1.82, 2.24) is 5.32 Å². The average molecular weight is 334 g/mol. The topological polar surface area (TPSA) is 84.5 Å². The van der Waals surface area contributed by atoms with Crippen molar-refractivity contribution in [3.63, 3.8) is 0 Å². The lowest BCUT2D eigenvalue weighted by molar-refractivity contribution is -0.124. The highest BCUT2D eigenvalue weighted by Crippen LogP contribution is 2.11.